The van der Waals surface area contributed by atoms with Gasteiger partial charge in [0, 0.05) is 0 Å². The van der Waals surface area contributed by atoms with Gasteiger partial charge in [-0.3, -0.25) is 9.59 Å². The van der Waals surface area contributed by atoms with Crippen molar-refractivity contribution in [2.75, 3.05) is 4.31 Å². The smallest absolute Gasteiger partial charge is 0.730 e. The molecule has 0 N–H and O–H groups in total. The molecule has 0 bridgehead atoms. The van der Waals surface area contributed by atoms with Gasteiger partial charge in [-0.25, -0.2) is 12.7 Å². The number of fused-ring (bicyclic) bond motifs is 1. The molecule has 1 amide bonds. The average Bonchev–Trinajstić information content (AvgIpc) is 2.39. The summed E-state index contributed by atoms with van der Waals surface area (Å²) in [5.41, 5.74) is -0.246. The molecular weight excluding hydrogens is 261 g/mol. The van der Waals surface area contributed by atoms with Crippen LogP contribution < -0.4 is 55.7 Å². The van der Waals surface area contributed by atoms with Crippen LogP contribution in [0.4, 0.5) is 5.69 Å². The summed E-state index contributed by atoms with van der Waals surface area (Å²) >= 11 is 0. The molecule has 16 heavy (non-hydrogen) atoms. The molecule has 0 aromatic heterocycles. The van der Waals surface area contributed by atoms with Gasteiger partial charge < -0.3 is 4.55 Å². The van der Waals surface area contributed by atoms with Gasteiger partial charge in [0.05, 0.1) is 11.3 Å². The second-order valence-electron chi connectivity index (χ2n) is 2.87. The fraction of sp³-hybridized carbons (Fsp3) is 0. The van der Waals surface area contributed by atoms with Crippen molar-refractivity contribution in [2.24, 2.45) is 0 Å². The summed E-state index contributed by atoms with van der Waals surface area (Å²) in [6.45, 7) is 0. The van der Waals surface area contributed by atoms with E-state index in [0.29, 0.717) is 0 Å². The maximum Gasteiger partial charge on any atom is 1.00 e. The van der Waals surface area contributed by atoms with E-state index in [4.69, 9.17) is 0 Å². The Morgan fingerprint density at radius 2 is 1.69 bits per heavy atom. The molecule has 6 nitrogen and oxygen atoms in total. The van der Waals surface area contributed by atoms with E-state index in [1.807, 2.05) is 0 Å². The summed E-state index contributed by atoms with van der Waals surface area (Å²) in [5.74, 6) is -2.31. The summed E-state index contributed by atoms with van der Waals surface area (Å²) in [6, 6.07) is 5.43. The van der Waals surface area contributed by atoms with Crippen LogP contribution in [0.2, 0.25) is 0 Å². The van der Waals surface area contributed by atoms with E-state index >= 15 is 0 Å². The number of nitrogens with zero attached hydrogens (tertiary/aromatic N) is 1. The van der Waals surface area contributed by atoms with Crippen molar-refractivity contribution in [1.82, 2.24) is 0 Å². The summed E-state index contributed by atoms with van der Waals surface area (Å²) < 4.78 is 32.2. The standard InChI is InChI=1S/C8H5NO5S.K/c10-7-5-3-1-2-4-6(5)9(8(7)11)15(12,13)14;/h1-4H,(H,12,13,14);/q;+1/p-1. The number of hydrogen-bond acceptors (Lipinski definition) is 5. The third-order valence-electron chi connectivity index (χ3n) is 1.97. The van der Waals surface area contributed by atoms with Crippen molar-refractivity contribution in [3.63, 3.8) is 0 Å². The van der Waals surface area contributed by atoms with Crippen molar-refractivity contribution in [1.29, 1.82) is 0 Å². The van der Waals surface area contributed by atoms with Gasteiger partial charge in [0.2, 0.25) is 0 Å². The van der Waals surface area contributed by atoms with Crippen LogP contribution in [0, 0.1) is 0 Å². The van der Waals surface area contributed by atoms with E-state index < -0.39 is 22.0 Å². The number of anilines is 1. The van der Waals surface area contributed by atoms with Crippen LogP contribution in [-0.2, 0) is 15.1 Å². The summed E-state index contributed by atoms with van der Waals surface area (Å²) in [6.07, 6.45) is 0. The number of Topliss-reactive ketones (excluding diaryl/α,β-unsaturated/α-hetero) is 1. The first kappa shape index (κ1) is 14.0. The first-order valence-electron chi connectivity index (χ1n) is 3.87. The first-order valence-corrected chi connectivity index (χ1v) is 5.23. The summed E-state index contributed by atoms with van der Waals surface area (Å²) in [5, 5.41) is 0. The maximum absolute atomic E-state index is 11.3. The Hall–Kier alpha value is -0.0936. The van der Waals surface area contributed by atoms with Crippen molar-refractivity contribution in [2.45, 2.75) is 0 Å². The van der Waals surface area contributed by atoms with Gasteiger partial charge in [0.1, 0.15) is 0 Å². The number of carbonyl (C=O) groups is 2. The fourth-order valence-corrected chi connectivity index (χ4v) is 2.07. The largest absolute Gasteiger partial charge is 1.00 e. The molecule has 0 atom stereocenters. The Morgan fingerprint density at radius 1 is 1.12 bits per heavy atom. The average molecular weight is 265 g/mol. The zero-order valence-electron chi connectivity index (χ0n) is 8.21. The SMILES string of the molecule is O=C1C(=O)N(S(=O)(=O)[O-])c2ccccc21.[K+]. The molecular formula is C8H4KNO5S. The second-order valence-corrected chi connectivity index (χ2v) is 4.09. The van der Waals surface area contributed by atoms with Gasteiger partial charge in [-0.15, -0.1) is 0 Å². The Kier molecular flexibility index (Phi) is 4.06. The van der Waals surface area contributed by atoms with E-state index in [2.05, 4.69) is 0 Å². The molecule has 0 saturated heterocycles. The van der Waals surface area contributed by atoms with Gasteiger partial charge in [0.15, 0.2) is 10.3 Å². The minimum Gasteiger partial charge on any atom is -0.730 e. The minimum absolute atomic E-state index is 0. The van der Waals surface area contributed by atoms with Crippen molar-refractivity contribution in [3.05, 3.63) is 29.8 Å². The number of carbonyl (C=O) groups excluding carboxylic acids is 2. The van der Waals surface area contributed by atoms with Crippen LogP contribution in [0.3, 0.4) is 0 Å². The van der Waals surface area contributed by atoms with E-state index in [-0.39, 0.29) is 66.9 Å². The van der Waals surface area contributed by atoms with Gasteiger partial charge in [-0.05, 0) is 12.1 Å². The topological polar surface area (TPSA) is 94.6 Å². The molecule has 78 valence electrons. The quantitative estimate of drug-likeness (QED) is 0.301. The molecule has 2 rings (SSSR count). The Labute approximate surface area is 134 Å². The van der Waals surface area contributed by atoms with Crippen LogP contribution in [0.1, 0.15) is 10.4 Å². The van der Waals surface area contributed by atoms with Gasteiger partial charge >= 0.3 is 57.3 Å². The number of hydrogen-bond donors (Lipinski definition) is 0. The molecule has 0 saturated carbocycles. The van der Waals surface area contributed by atoms with Gasteiger partial charge in [-0.1, -0.05) is 12.1 Å². The predicted octanol–water partition coefficient (Wildman–Crippen LogP) is -3.32. The van der Waals surface area contributed by atoms with Gasteiger partial charge in [0.25, 0.3) is 5.78 Å². The molecule has 8 heteroatoms. The molecule has 0 radical (unpaired) electrons. The second kappa shape index (κ2) is 4.65. The van der Waals surface area contributed by atoms with Crippen LogP contribution >= 0.6 is 0 Å². The van der Waals surface area contributed by atoms with Crippen LogP contribution in [-0.4, -0.2) is 24.7 Å². The molecule has 0 spiro atoms. The fourth-order valence-electron chi connectivity index (χ4n) is 1.38. The predicted molar refractivity (Wildman–Crippen MR) is 48.0 cm³/mol. The van der Waals surface area contributed by atoms with Crippen molar-refractivity contribution >= 4 is 27.7 Å². The van der Waals surface area contributed by atoms with E-state index in [9.17, 15) is 22.6 Å². The third kappa shape index (κ3) is 2.14. The third-order valence-corrected chi connectivity index (χ3v) is 2.78. The number of amides is 1. The van der Waals surface area contributed by atoms with Gasteiger partial charge in [-0.2, -0.15) is 0 Å². The Balaban J connectivity index is 0.00000128. The number of benzene rings is 1. The summed E-state index contributed by atoms with van der Waals surface area (Å²) in [7, 11) is -4.99. The molecule has 0 unspecified atom stereocenters. The van der Waals surface area contributed by atoms with Crippen LogP contribution in [0.5, 0.6) is 0 Å². The normalized spacial score (nSPS) is 14.7. The monoisotopic (exact) mass is 265 g/mol. The number of ketones is 1. The van der Waals surface area contributed by atoms with E-state index in [1.165, 1.54) is 24.3 Å². The number of para-hydroxylation sites is 1. The molecule has 1 aliphatic heterocycles. The molecule has 1 aliphatic rings. The van der Waals surface area contributed by atoms with Crippen LogP contribution in [0.25, 0.3) is 0 Å². The molecule has 1 heterocycles. The molecule has 0 fully saturated rings. The Bertz CT molecular complexity index is 568. The Morgan fingerprint density at radius 3 is 2.25 bits per heavy atom. The molecule has 0 aliphatic carbocycles. The van der Waals surface area contributed by atoms with E-state index in [1.54, 1.807) is 0 Å². The summed E-state index contributed by atoms with van der Waals surface area (Å²) in [4.78, 5) is 22.5. The van der Waals surface area contributed by atoms with E-state index in [0.717, 1.165) is 0 Å². The maximum atomic E-state index is 11.3. The van der Waals surface area contributed by atoms with Crippen molar-refractivity contribution < 1.29 is 73.9 Å². The number of rotatable bonds is 1. The van der Waals surface area contributed by atoms with Crippen molar-refractivity contribution in [3.8, 4) is 0 Å². The molecule has 1 aromatic carbocycles. The molecule has 1 aromatic rings. The zero-order valence-corrected chi connectivity index (χ0v) is 12.1. The van der Waals surface area contributed by atoms with Crippen LogP contribution in [0.15, 0.2) is 24.3 Å². The minimum atomic E-state index is -4.99. The zero-order chi connectivity index (χ0) is 11.2. The first-order chi connectivity index (χ1) is 6.93.